The van der Waals surface area contributed by atoms with Gasteiger partial charge in [0.25, 0.3) is 5.69 Å². The molecule has 106 valence electrons. The minimum Gasteiger partial charge on any atom is -0.259 e. The van der Waals surface area contributed by atoms with E-state index in [1.54, 1.807) is 12.1 Å². The van der Waals surface area contributed by atoms with Gasteiger partial charge in [-0.2, -0.15) is 0 Å². The van der Waals surface area contributed by atoms with Crippen molar-refractivity contribution in [3.8, 4) is 0 Å². The number of nitro benzene ring substituents is 1. The predicted octanol–water partition coefficient (Wildman–Crippen LogP) is 1.61. The molecule has 0 bridgehead atoms. The van der Waals surface area contributed by atoms with Crippen molar-refractivity contribution in [2.75, 3.05) is 0 Å². The van der Waals surface area contributed by atoms with Crippen LogP contribution in [0, 0.1) is 10.1 Å². The number of nitro groups is 1. The summed E-state index contributed by atoms with van der Waals surface area (Å²) in [7, 11) is 0. The van der Waals surface area contributed by atoms with E-state index in [-0.39, 0.29) is 17.9 Å². The molecule has 0 amide bonds. The summed E-state index contributed by atoms with van der Waals surface area (Å²) in [6, 6.07) is 4.69. The monoisotopic (exact) mass is 349 g/mol. The van der Waals surface area contributed by atoms with Crippen LogP contribution in [-0.2, 0) is 6.54 Å². The largest absolute Gasteiger partial charge is 0.350 e. The lowest BCUT2D eigenvalue weighted by molar-refractivity contribution is -0.385. The molecule has 0 atom stereocenters. The average Bonchev–Trinajstić information content (AvgIpc) is 2.78. The molecule has 0 aliphatic rings. The summed E-state index contributed by atoms with van der Waals surface area (Å²) in [5.41, 5.74) is 0.668. The molecule has 2 aromatic heterocycles. The van der Waals surface area contributed by atoms with Gasteiger partial charge in [0.2, 0.25) is 0 Å². The molecule has 0 unspecified atom stereocenters. The number of benzene rings is 1. The van der Waals surface area contributed by atoms with E-state index in [2.05, 4.69) is 26.0 Å². The van der Waals surface area contributed by atoms with Crippen molar-refractivity contribution in [3.63, 3.8) is 0 Å². The minimum absolute atomic E-state index is 0.0500. The molecule has 2 heterocycles. The van der Waals surface area contributed by atoms with Crippen molar-refractivity contribution < 1.29 is 4.92 Å². The van der Waals surface area contributed by atoms with Crippen molar-refractivity contribution >= 4 is 27.3 Å². The van der Waals surface area contributed by atoms with Crippen LogP contribution in [-0.4, -0.2) is 24.1 Å². The van der Waals surface area contributed by atoms with E-state index in [1.807, 2.05) is 0 Å². The normalized spacial score (nSPS) is 10.9. The molecule has 9 heteroatoms. The van der Waals surface area contributed by atoms with E-state index in [0.717, 1.165) is 0 Å². The number of hydrogen-bond donors (Lipinski definition) is 0. The number of fused-ring (bicyclic) bond motifs is 1. The molecule has 0 N–H and O–H groups in total. The second-order valence-electron chi connectivity index (χ2n) is 4.29. The molecule has 0 radical (unpaired) electrons. The first-order valence-electron chi connectivity index (χ1n) is 5.88. The number of rotatable bonds is 3. The molecule has 0 saturated heterocycles. The van der Waals surface area contributed by atoms with Gasteiger partial charge in [0.1, 0.15) is 0 Å². The summed E-state index contributed by atoms with van der Waals surface area (Å²) in [6.45, 7) is 0.147. The maximum atomic E-state index is 12.1. The standard InChI is InChI=1S/C12H8BrN5O3/c13-9-2-1-8(5-10(9)18(20)21)7-17-12(19)16-4-3-14-6-11(16)15-17/h1-6H,7H2. The Balaban J connectivity index is 2.03. The lowest BCUT2D eigenvalue weighted by Crippen LogP contribution is -2.21. The highest BCUT2D eigenvalue weighted by atomic mass is 79.9. The van der Waals surface area contributed by atoms with Crippen molar-refractivity contribution in [2.45, 2.75) is 6.54 Å². The maximum absolute atomic E-state index is 12.1. The highest BCUT2D eigenvalue weighted by molar-refractivity contribution is 9.10. The number of nitrogens with zero attached hydrogens (tertiary/aromatic N) is 5. The van der Waals surface area contributed by atoms with Gasteiger partial charge in [0.15, 0.2) is 5.65 Å². The Kier molecular flexibility index (Phi) is 3.26. The van der Waals surface area contributed by atoms with Crippen LogP contribution < -0.4 is 5.69 Å². The second kappa shape index (κ2) is 5.09. The third-order valence-corrected chi connectivity index (χ3v) is 3.60. The summed E-state index contributed by atoms with van der Waals surface area (Å²) in [6.07, 6.45) is 4.48. The van der Waals surface area contributed by atoms with Crippen LogP contribution in [0.1, 0.15) is 5.56 Å². The summed E-state index contributed by atoms with van der Waals surface area (Å²) in [4.78, 5) is 26.4. The van der Waals surface area contributed by atoms with Gasteiger partial charge < -0.3 is 0 Å². The third-order valence-electron chi connectivity index (χ3n) is 2.93. The molecule has 0 aliphatic carbocycles. The van der Waals surface area contributed by atoms with Gasteiger partial charge in [0, 0.05) is 18.5 Å². The molecular weight excluding hydrogens is 342 g/mol. The summed E-state index contributed by atoms with van der Waals surface area (Å²) in [5, 5.41) is 15.0. The molecule has 0 spiro atoms. The minimum atomic E-state index is -0.482. The van der Waals surface area contributed by atoms with E-state index in [4.69, 9.17) is 0 Å². The quantitative estimate of drug-likeness (QED) is 0.528. The Bertz CT molecular complexity index is 901. The fourth-order valence-electron chi connectivity index (χ4n) is 1.95. The Morgan fingerprint density at radius 1 is 1.38 bits per heavy atom. The van der Waals surface area contributed by atoms with E-state index in [0.29, 0.717) is 15.7 Å². The molecule has 3 aromatic rings. The van der Waals surface area contributed by atoms with Gasteiger partial charge in [-0.25, -0.2) is 13.9 Å². The maximum Gasteiger partial charge on any atom is 0.350 e. The van der Waals surface area contributed by atoms with Crippen molar-refractivity contribution in [1.82, 2.24) is 19.2 Å². The Morgan fingerprint density at radius 2 is 2.19 bits per heavy atom. The van der Waals surface area contributed by atoms with E-state index in [1.165, 1.54) is 33.7 Å². The van der Waals surface area contributed by atoms with E-state index >= 15 is 0 Å². The van der Waals surface area contributed by atoms with Crippen LogP contribution in [0.4, 0.5) is 5.69 Å². The zero-order valence-electron chi connectivity index (χ0n) is 10.5. The van der Waals surface area contributed by atoms with Gasteiger partial charge in [-0.05, 0) is 27.6 Å². The Morgan fingerprint density at radius 3 is 2.90 bits per heavy atom. The van der Waals surface area contributed by atoms with Crippen molar-refractivity contribution in [2.24, 2.45) is 0 Å². The van der Waals surface area contributed by atoms with Crippen LogP contribution in [0.3, 0.4) is 0 Å². The van der Waals surface area contributed by atoms with Gasteiger partial charge in [-0.3, -0.25) is 15.1 Å². The number of halogens is 1. The summed E-state index contributed by atoms with van der Waals surface area (Å²) < 4.78 is 2.99. The van der Waals surface area contributed by atoms with Gasteiger partial charge in [-0.1, -0.05) is 6.07 Å². The average molecular weight is 350 g/mol. The molecule has 0 fully saturated rings. The highest BCUT2D eigenvalue weighted by Gasteiger charge is 2.14. The van der Waals surface area contributed by atoms with Crippen LogP contribution >= 0.6 is 15.9 Å². The predicted molar refractivity (Wildman–Crippen MR) is 77.1 cm³/mol. The molecular formula is C12H8BrN5O3. The zero-order valence-corrected chi connectivity index (χ0v) is 12.1. The van der Waals surface area contributed by atoms with Crippen LogP contribution in [0.25, 0.3) is 5.65 Å². The van der Waals surface area contributed by atoms with Crippen LogP contribution in [0.5, 0.6) is 0 Å². The van der Waals surface area contributed by atoms with Gasteiger partial charge >= 0.3 is 5.69 Å². The Labute approximate surface area is 125 Å². The third kappa shape index (κ3) is 2.42. The van der Waals surface area contributed by atoms with Crippen LogP contribution in [0.15, 0.2) is 46.1 Å². The van der Waals surface area contributed by atoms with E-state index in [9.17, 15) is 14.9 Å². The van der Waals surface area contributed by atoms with Crippen molar-refractivity contribution in [1.29, 1.82) is 0 Å². The molecule has 3 rings (SSSR count). The smallest absolute Gasteiger partial charge is 0.259 e. The first-order chi connectivity index (χ1) is 10.1. The second-order valence-corrected chi connectivity index (χ2v) is 5.14. The number of hydrogen-bond acceptors (Lipinski definition) is 5. The van der Waals surface area contributed by atoms with Crippen LogP contribution in [0.2, 0.25) is 0 Å². The van der Waals surface area contributed by atoms with Crippen molar-refractivity contribution in [3.05, 3.63) is 67.4 Å². The first-order valence-corrected chi connectivity index (χ1v) is 6.67. The molecule has 21 heavy (non-hydrogen) atoms. The number of aromatic nitrogens is 4. The lowest BCUT2D eigenvalue weighted by atomic mass is 10.2. The molecule has 8 nitrogen and oxygen atoms in total. The highest BCUT2D eigenvalue weighted by Crippen LogP contribution is 2.25. The molecule has 1 aromatic carbocycles. The summed E-state index contributed by atoms with van der Waals surface area (Å²) >= 11 is 3.12. The Hall–Kier alpha value is -2.55. The van der Waals surface area contributed by atoms with Gasteiger partial charge in [-0.15, -0.1) is 5.10 Å². The molecule has 0 aliphatic heterocycles. The lowest BCUT2D eigenvalue weighted by Gasteiger charge is -2.01. The fourth-order valence-corrected chi connectivity index (χ4v) is 2.34. The fraction of sp³-hybridized carbons (Fsp3) is 0.0833. The first kappa shape index (κ1) is 13.4. The van der Waals surface area contributed by atoms with E-state index < -0.39 is 4.92 Å². The SMILES string of the molecule is O=c1n(Cc2ccc(Br)c([N+](=O)[O-])c2)nc2cnccn12. The molecule has 0 saturated carbocycles. The zero-order chi connectivity index (χ0) is 15.0. The van der Waals surface area contributed by atoms with Gasteiger partial charge in [0.05, 0.1) is 22.1 Å². The topological polar surface area (TPSA) is 95.3 Å². The summed E-state index contributed by atoms with van der Waals surface area (Å²) in [5.74, 6) is 0.